The molecule has 1 atom stereocenters. The number of nitrogens with zero attached hydrogens (tertiary/aromatic N) is 1. The summed E-state index contributed by atoms with van der Waals surface area (Å²) in [6.07, 6.45) is 1.01. The Hall–Kier alpha value is -1.42. The lowest BCUT2D eigenvalue weighted by Gasteiger charge is -2.11. The van der Waals surface area contributed by atoms with Crippen LogP contribution in [0, 0.1) is 0 Å². The van der Waals surface area contributed by atoms with Crippen LogP contribution in [0.1, 0.15) is 20.3 Å². The van der Waals surface area contributed by atoms with Crippen molar-refractivity contribution in [3.63, 3.8) is 0 Å². The van der Waals surface area contributed by atoms with Crippen LogP contribution >= 0.6 is 11.6 Å². The largest absolute Gasteiger partial charge is 0.492 e. The minimum Gasteiger partial charge on any atom is -0.492 e. The molecule has 3 N–H and O–H groups in total. The van der Waals surface area contributed by atoms with E-state index in [4.69, 9.17) is 22.1 Å². The van der Waals surface area contributed by atoms with Crippen molar-refractivity contribution in [2.24, 2.45) is 10.7 Å². The summed E-state index contributed by atoms with van der Waals surface area (Å²) in [5, 5.41) is 3.79. The lowest BCUT2D eigenvalue weighted by Crippen LogP contribution is -2.38. The minimum atomic E-state index is 0.339. The SMILES string of the molecule is CCC(C)NC(N)=NCCOc1ccc(Cl)cc1. The lowest BCUT2D eigenvalue weighted by atomic mass is 10.3. The van der Waals surface area contributed by atoms with Crippen LogP contribution in [-0.2, 0) is 0 Å². The molecule has 0 aliphatic heterocycles. The number of guanidine groups is 1. The van der Waals surface area contributed by atoms with Crippen LogP contribution in [0.3, 0.4) is 0 Å². The van der Waals surface area contributed by atoms with Crippen molar-refractivity contribution >= 4 is 17.6 Å². The van der Waals surface area contributed by atoms with E-state index >= 15 is 0 Å². The van der Waals surface area contributed by atoms with Gasteiger partial charge in [0, 0.05) is 11.1 Å². The summed E-state index contributed by atoms with van der Waals surface area (Å²) in [5.74, 6) is 1.24. The second-order valence-electron chi connectivity index (χ2n) is 4.02. The van der Waals surface area contributed by atoms with Crippen LogP contribution in [0.2, 0.25) is 5.02 Å². The first-order chi connectivity index (χ1) is 8.61. The van der Waals surface area contributed by atoms with Gasteiger partial charge in [0.2, 0.25) is 0 Å². The van der Waals surface area contributed by atoms with Crippen LogP contribution in [0.4, 0.5) is 0 Å². The molecule has 0 aliphatic rings. The zero-order chi connectivity index (χ0) is 13.4. The van der Waals surface area contributed by atoms with Crippen molar-refractivity contribution in [1.82, 2.24) is 5.32 Å². The minimum absolute atomic E-state index is 0.339. The molecular weight excluding hydrogens is 250 g/mol. The van der Waals surface area contributed by atoms with Crippen LogP contribution in [0.5, 0.6) is 5.75 Å². The third kappa shape index (κ3) is 5.77. The van der Waals surface area contributed by atoms with Gasteiger partial charge in [0.15, 0.2) is 5.96 Å². The van der Waals surface area contributed by atoms with E-state index in [1.165, 1.54) is 0 Å². The molecule has 0 spiro atoms. The molecule has 1 unspecified atom stereocenters. The second-order valence-corrected chi connectivity index (χ2v) is 4.46. The summed E-state index contributed by atoms with van der Waals surface area (Å²) in [7, 11) is 0. The number of halogens is 1. The van der Waals surface area contributed by atoms with Gasteiger partial charge in [0.1, 0.15) is 12.4 Å². The monoisotopic (exact) mass is 269 g/mol. The Bertz CT molecular complexity index is 378. The van der Waals surface area contributed by atoms with E-state index in [-0.39, 0.29) is 0 Å². The van der Waals surface area contributed by atoms with Gasteiger partial charge in [-0.15, -0.1) is 0 Å². The fraction of sp³-hybridized carbons (Fsp3) is 0.462. The zero-order valence-electron chi connectivity index (χ0n) is 10.8. The number of nitrogens with one attached hydrogen (secondary N) is 1. The average molecular weight is 270 g/mol. The molecule has 18 heavy (non-hydrogen) atoms. The predicted octanol–water partition coefficient (Wildman–Crippen LogP) is 2.42. The molecule has 0 saturated carbocycles. The standard InChI is InChI=1S/C13H20ClN3O/c1-3-10(2)17-13(15)16-8-9-18-12-6-4-11(14)5-7-12/h4-7,10H,3,8-9H2,1-2H3,(H3,15,16,17). The number of hydrogen-bond acceptors (Lipinski definition) is 2. The second kappa shape index (κ2) is 7.82. The van der Waals surface area contributed by atoms with E-state index in [1.807, 2.05) is 12.1 Å². The number of aliphatic imine (C=N–C) groups is 1. The fourth-order valence-electron chi connectivity index (χ4n) is 1.26. The highest BCUT2D eigenvalue weighted by Gasteiger charge is 1.98. The van der Waals surface area contributed by atoms with Crippen LogP contribution in [0.15, 0.2) is 29.3 Å². The maximum absolute atomic E-state index is 5.77. The Morgan fingerprint density at radius 1 is 1.44 bits per heavy atom. The number of rotatable bonds is 6. The Morgan fingerprint density at radius 2 is 2.11 bits per heavy atom. The van der Waals surface area contributed by atoms with Gasteiger partial charge in [-0.3, -0.25) is 0 Å². The van der Waals surface area contributed by atoms with Gasteiger partial charge < -0.3 is 15.8 Å². The molecule has 0 radical (unpaired) electrons. The van der Waals surface area contributed by atoms with Crippen molar-refractivity contribution in [2.75, 3.05) is 13.2 Å². The zero-order valence-corrected chi connectivity index (χ0v) is 11.6. The van der Waals surface area contributed by atoms with Gasteiger partial charge in [0.05, 0.1) is 6.54 Å². The molecule has 0 heterocycles. The highest BCUT2D eigenvalue weighted by atomic mass is 35.5. The third-order valence-corrected chi connectivity index (χ3v) is 2.71. The Kier molecular flexibility index (Phi) is 6.36. The Morgan fingerprint density at radius 3 is 2.72 bits per heavy atom. The van der Waals surface area contributed by atoms with E-state index in [1.54, 1.807) is 12.1 Å². The van der Waals surface area contributed by atoms with E-state index in [9.17, 15) is 0 Å². The quantitative estimate of drug-likeness (QED) is 0.474. The summed E-state index contributed by atoms with van der Waals surface area (Å²) in [6.45, 7) is 5.17. The molecule has 0 aliphatic carbocycles. The number of benzene rings is 1. The lowest BCUT2D eigenvalue weighted by molar-refractivity contribution is 0.328. The molecule has 0 fully saturated rings. The molecule has 1 aromatic rings. The van der Waals surface area contributed by atoms with Gasteiger partial charge >= 0.3 is 0 Å². The van der Waals surface area contributed by atoms with Crippen molar-refractivity contribution in [2.45, 2.75) is 26.3 Å². The first-order valence-electron chi connectivity index (χ1n) is 6.06. The molecule has 1 rings (SSSR count). The number of hydrogen-bond donors (Lipinski definition) is 2. The third-order valence-electron chi connectivity index (χ3n) is 2.46. The summed E-state index contributed by atoms with van der Waals surface area (Å²) < 4.78 is 5.49. The molecular formula is C13H20ClN3O. The molecule has 100 valence electrons. The van der Waals surface area contributed by atoms with Crippen molar-refractivity contribution < 1.29 is 4.74 Å². The summed E-state index contributed by atoms with van der Waals surface area (Å²) >= 11 is 5.77. The molecule has 0 saturated heterocycles. The van der Waals surface area contributed by atoms with Crippen molar-refractivity contribution in [1.29, 1.82) is 0 Å². The van der Waals surface area contributed by atoms with E-state index in [0.717, 1.165) is 12.2 Å². The topological polar surface area (TPSA) is 59.6 Å². The van der Waals surface area contributed by atoms with Gasteiger partial charge in [-0.05, 0) is 37.6 Å². The molecule has 0 amide bonds. The number of nitrogens with two attached hydrogens (primary N) is 1. The smallest absolute Gasteiger partial charge is 0.188 e. The van der Waals surface area contributed by atoms with Gasteiger partial charge in [0.25, 0.3) is 0 Å². The molecule has 4 nitrogen and oxygen atoms in total. The maximum Gasteiger partial charge on any atom is 0.188 e. The number of ether oxygens (including phenoxy) is 1. The van der Waals surface area contributed by atoms with E-state index in [0.29, 0.717) is 30.2 Å². The van der Waals surface area contributed by atoms with Crippen LogP contribution in [0.25, 0.3) is 0 Å². The Labute approximate surface area is 113 Å². The highest BCUT2D eigenvalue weighted by Crippen LogP contribution is 2.15. The first-order valence-corrected chi connectivity index (χ1v) is 6.44. The van der Waals surface area contributed by atoms with Crippen molar-refractivity contribution in [3.8, 4) is 5.75 Å². The fourth-order valence-corrected chi connectivity index (χ4v) is 1.39. The molecule has 1 aromatic carbocycles. The van der Waals surface area contributed by atoms with E-state index < -0.39 is 0 Å². The van der Waals surface area contributed by atoms with Crippen LogP contribution in [-0.4, -0.2) is 25.2 Å². The highest BCUT2D eigenvalue weighted by molar-refractivity contribution is 6.30. The average Bonchev–Trinajstić information content (AvgIpc) is 2.36. The van der Waals surface area contributed by atoms with E-state index in [2.05, 4.69) is 24.2 Å². The summed E-state index contributed by atoms with van der Waals surface area (Å²) in [5.41, 5.74) is 5.72. The molecule has 5 heteroatoms. The van der Waals surface area contributed by atoms with Gasteiger partial charge in [-0.25, -0.2) is 4.99 Å². The normalized spacial score (nSPS) is 13.2. The Balaban J connectivity index is 2.25. The first kappa shape index (κ1) is 14.6. The van der Waals surface area contributed by atoms with Crippen molar-refractivity contribution in [3.05, 3.63) is 29.3 Å². The van der Waals surface area contributed by atoms with Gasteiger partial charge in [-0.1, -0.05) is 18.5 Å². The van der Waals surface area contributed by atoms with Crippen LogP contribution < -0.4 is 15.8 Å². The maximum atomic E-state index is 5.77. The molecule has 0 bridgehead atoms. The predicted molar refractivity (Wildman–Crippen MR) is 76.3 cm³/mol. The van der Waals surface area contributed by atoms with Gasteiger partial charge in [-0.2, -0.15) is 0 Å². The summed E-state index contributed by atoms with van der Waals surface area (Å²) in [6, 6.07) is 7.57. The summed E-state index contributed by atoms with van der Waals surface area (Å²) in [4.78, 5) is 4.18. The molecule has 0 aromatic heterocycles.